The molecule has 3 aliphatic rings. The molecule has 1 amide bonds. The van der Waals surface area contributed by atoms with Gasteiger partial charge in [0, 0.05) is 25.7 Å². The number of amides is 1. The van der Waals surface area contributed by atoms with Crippen molar-refractivity contribution >= 4 is 5.91 Å². The predicted molar refractivity (Wildman–Crippen MR) is 110 cm³/mol. The third-order valence-electron chi connectivity index (χ3n) is 6.41. The molecule has 0 radical (unpaired) electrons. The zero-order valence-corrected chi connectivity index (χ0v) is 16.3. The number of morpholine rings is 1. The predicted octanol–water partition coefficient (Wildman–Crippen LogP) is 3.52. The van der Waals surface area contributed by atoms with E-state index in [1.807, 2.05) is 0 Å². The molecule has 146 valence electrons. The fraction of sp³-hybridized carbons (Fsp3) is 0.458. The maximum absolute atomic E-state index is 12.6. The summed E-state index contributed by atoms with van der Waals surface area (Å²) in [7, 11) is 0. The molecule has 5 rings (SSSR count). The lowest BCUT2D eigenvalue weighted by Crippen LogP contribution is -2.51. The molecule has 2 aromatic rings. The highest BCUT2D eigenvalue weighted by atomic mass is 16.5. The number of ether oxygens (including phenoxy) is 1. The van der Waals surface area contributed by atoms with Crippen molar-refractivity contribution in [1.29, 1.82) is 0 Å². The second-order valence-corrected chi connectivity index (χ2v) is 8.41. The zero-order chi connectivity index (χ0) is 18.9. The van der Waals surface area contributed by atoms with Crippen molar-refractivity contribution in [3.8, 4) is 11.1 Å². The van der Waals surface area contributed by atoms with Crippen LogP contribution in [0.2, 0.25) is 0 Å². The smallest absolute Gasteiger partial charge is 0.250 e. The third kappa shape index (κ3) is 3.59. The molecule has 0 spiro atoms. The number of carbonyl (C=O) groups is 1. The van der Waals surface area contributed by atoms with E-state index in [4.69, 9.17) is 4.74 Å². The molecule has 1 atom stereocenters. The molecule has 0 unspecified atom stereocenters. The van der Waals surface area contributed by atoms with Crippen molar-refractivity contribution in [2.24, 2.45) is 0 Å². The summed E-state index contributed by atoms with van der Waals surface area (Å²) in [6.07, 6.45) is 5.36. The van der Waals surface area contributed by atoms with Crippen LogP contribution in [-0.4, -0.2) is 42.6 Å². The normalized spacial score (nSPS) is 22.1. The number of hydrogen-bond donors (Lipinski definition) is 1. The summed E-state index contributed by atoms with van der Waals surface area (Å²) in [6, 6.07) is 15.9. The minimum Gasteiger partial charge on any atom is -0.366 e. The number of carbonyl (C=O) groups excluding carboxylic acids is 1. The first-order valence-corrected chi connectivity index (χ1v) is 10.6. The van der Waals surface area contributed by atoms with Crippen LogP contribution in [0, 0.1) is 0 Å². The van der Waals surface area contributed by atoms with Gasteiger partial charge in [0.25, 0.3) is 5.91 Å². The standard InChI is InChI=1S/C24H28N2O2/c27-24(25-20-6-2-3-7-20)23-16-26(11-12-28-23)15-17-9-10-22-19(13-17)14-18-5-1-4-8-21(18)22/h1,4-5,8-10,13,20,23H,2-3,6-7,11-12,14-16H2,(H,25,27)/t23-/m1/s1. The van der Waals surface area contributed by atoms with Gasteiger partial charge >= 0.3 is 0 Å². The molecular weight excluding hydrogens is 348 g/mol. The van der Waals surface area contributed by atoms with Crippen LogP contribution in [0.25, 0.3) is 11.1 Å². The van der Waals surface area contributed by atoms with E-state index in [1.165, 1.54) is 40.7 Å². The van der Waals surface area contributed by atoms with Gasteiger partial charge in [-0.3, -0.25) is 9.69 Å². The fourth-order valence-electron chi connectivity index (χ4n) is 4.92. The van der Waals surface area contributed by atoms with Crippen LogP contribution >= 0.6 is 0 Å². The quantitative estimate of drug-likeness (QED) is 0.758. The molecule has 1 aliphatic heterocycles. The van der Waals surface area contributed by atoms with Crippen LogP contribution in [0.15, 0.2) is 42.5 Å². The Hall–Kier alpha value is -2.17. The van der Waals surface area contributed by atoms with Crippen LogP contribution in [0.1, 0.15) is 42.4 Å². The molecule has 4 nitrogen and oxygen atoms in total. The van der Waals surface area contributed by atoms with Crippen molar-refractivity contribution < 1.29 is 9.53 Å². The van der Waals surface area contributed by atoms with E-state index >= 15 is 0 Å². The lowest BCUT2D eigenvalue weighted by molar-refractivity contribution is -0.139. The molecule has 1 saturated heterocycles. The Labute approximate surface area is 166 Å². The molecule has 2 aromatic carbocycles. The molecule has 1 saturated carbocycles. The third-order valence-corrected chi connectivity index (χ3v) is 6.41. The highest BCUT2D eigenvalue weighted by Gasteiger charge is 2.29. The van der Waals surface area contributed by atoms with Gasteiger partial charge in [-0.05, 0) is 47.1 Å². The van der Waals surface area contributed by atoms with Gasteiger partial charge in [-0.15, -0.1) is 0 Å². The summed E-state index contributed by atoms with van der Waals surface area (Å²) < 4.78 is 5.78. The van der Waals surface area contributed by atoms with E-state index < -0.39 is 0 Å². The van der Waals surface area contributed by atoms with Gasteiger partial charge in [0.1, 0.15) is 6.10 Å². The first-order chi connectivity index (χ1) is 13.8. The molecular formula is C24H28N2O2. The van der Waals surface area contributed by atoms with E-state index in [-0.39, 0.29) is 12.0 Å². The van der Waals surface area contributed by atoms with E-state index in [1.54, 1.807) is 0 Å². The lowest BCUT2D eigenvalue weighted by atomic mass is 10.0. The zero-order valence-electron chi connectivity index (χ0n) is 16.3. The summed E-state index contributed by atoms with van der Waals surface area (Å²) >= 11 is 0. The van der Waals surface area contributed by atoms with Crippen LogP contribution in [-0.2, 0) is 22.5 Å². The molecule has 0 aromatic heterocycles. The maximum atomic E-state index is 12.6. The second-order valence-electron chi connectivity index (χ2n) is 8.41. The first kappa shape index (κ1) is 17.9. The molecule has 4 heteroatoms. The van der Waals surface area contributed by atoms with Gasteiger partial charge in [-0.25, -0.2) is 0 Å². The molecule has 0 bridgehead atoms. The van der Waals surface area contributed by atoms with Crippen LogP contribution in [0.5, 0.6) is 0 Å². The Bertz CT molecular complexity index is 873. The van der Waals surface area contributed by atoms with Gasteiger partial charge in [0.05, 0.1) is 6.61 Å². The molecule has 1 N–H and O–H groups in total. The van der Waals surface area contributed by atoms with E-state index in [2.05, 4.69) is 52.7 Å². The Kier molecular flexibility index (Phi) is 4.91. The Morgan fingerprint density at radius 3 is 2.79 bits per heavy atom. The Balaban J connectivity index is 1.23. The Morgan fingerprint density at radius 2 is 1.89 bits per heavy atom. The van der Waals surface area contributed by atoms with Crippen LogP contribution in [0.3, 0.4) is 0 Å². The topological polar surface area (TPSA) is 41.6 Å². The van der Waals surface area contributed by atoms with Crippen LogP contribution in [0.4, 0.5) is 0 Å². The van der Waals surface area contributed by atoms with Gasteiger partial charge in [0.2, 0.25) is 0 Å². The van der Waals surface area contributed by atoms with Gasteiger partial charge < -0.3 is 10.1 Å². The first-order valence-electron chi connectivity index (χ1n) is 10.6. The highest BCUT2D eigenvalue weighted by Crippen LogP contribution is 2.36. The monoisotopic (exact) mass is 376 g/mol. The van der Waals surface area contributed by atoms with Crippen molar-refractivity contribution in [1.82, 2.24) is 10.2 Å². The van der Waals surface area contributed by atoms with Crippen molar-refractivity contribution in [2.45, 2.75) is 50.8 Å². The Morgan fingerprint density at radius 1 is 1.07 bits per heavy atom. The number of rotatable bonds is 4. The fourth-order valence-corrected chi connectivity index (χ4v) is 4.92. The summed E-state index contributed by atoms with van der Waals surface area (Å²) in [5, 5.41) is 3.19. The summed E-state index contributed by atoms with van der Waals surface area (Å²) in [5.74, 6) is 0.0704. The summed E-state index contributed by atoms with van der Waals surface area (Å²) in [4.78, 5) is 14.9. The molecule has 28 heavy (non-hydrogen) atoms. The van der Waals surface area contributed by atoms with E-state index in [9.17, 15) is 4.79 Å². The van der Waals surface area contributed by atoms with Gasteiger partial charge in [0.15, 0.2) is 0 Å². The highest BCUT2D eigenvalue weighted by molar-refractivity contribution is 5.81. The minimum absolute atomic E-state index is 0.0704. The van der Waals surface area contributed by atoms with Crippen molar-refractivity contribution in [2.75, 3.05) is 19.7 Å². The number of fused-ring (bicyclic) bond motifs is 3. The minimum atomic E-state index is -0.340. The van der Waals surface area contributed by atoms with E-state index in [0.717, 1.165) is 32.4 Å². The van der Waals surface area contributed by atoms with Crippen molar-refractivity contribution in [3.05, 3.63) is 59.2 Å². The van der Waals surface area contributed by atoms with E-state index in [0.29, 0.717) is 19.2 Å². The molecule has 2 aliphatic carbocycles. The number of hydrogen-bond acceptors (Lipinski definition) is 3. The maximum Gasteiger partial charge on any atom is 0.250 e. The van der Waals surface area contributed by atoms with Crippen molar-refractivity contribution in [3.63, 3.8) is 0 Å². The van der Waals surface area contributed by atoms with Crippen LogP contribution < -0.4 is 5.32 Å². The lowest BCUT2D eigenvalue weighted by Gasteiger charge is -2.32. The van der Waals surface area contributed by atoms with Gasteiger partial charge in [-0.2, -0.15) is 0 Å². The average Bonchev–Trinajstić information content (AvgIpc) is 3.35. The number of benzene rings is 2. The SMILES string of the molecule is O=C(NC1CCCC1)[C@H]1CN(Cc2ccc3c(c2)Cc2ccccc2-3)CCO1. The summed E-state index contributed by atoms with van der Waals surface area (Å²) in [6.45, 7) is 3.06. The molecule has 2 fully saturated rings. The van der Waals surface area contributed by atoms with Gasteiger partial charge in [-0.1, -0.05) is 55.3 Å². The average molecular weight is 377 g/mol. The summed E-state index contributed by atoms with van der Waals surface area (Å²) in [5.41, 5.74) is 6.91. The molecule has 1 heterocycles. The largest absolute Gasteiger partial charge is 0.366 e. The number of nitrogens with one attached hydrogen (secondary N) is 1. The number of nitrogens with zero attached hydrogens (tertiary/aromatic N) is 1. The second kappa shape index (κ2) is 7.69.